The number of carboxylic acid groups (broad SMARTS) is 3. The summed E-state index contributed by atoms with van der Waals surface area (Å²) < 4.78 is 13.0. The van der Waals surface area contributed by atoms with Crippen LogP contribution in [0.1, 0.15) is 43.7 Å². The van der Waals surface area contributed by atoms with Crippen LogP contribution in [0.3, 0.4) is 0 Å². The molecule has 5 N–H and O–H groups in total. The van der Waals surface area contributed by atoms with Gasteiger partial charge in [0.1, 0.15) is 23.8 Å². The molecule has 0 aliphatic carbocycles. The zero-order valence-corrected chi connectivity index (χ0v) is 35.2. The summed E-state index contributed by atoms with van der Waals surface area (Å²) in [5.74, 6) is -2.66. The molecule has 18 heteroatoms. The Balaban J connectivity index is 0.000000175. The number of carbonyl (C=O) groups excluding carboxylic acids is 1. The van der Waals surface area contributed by atoms with Crippen molar-refractivity contribution in [1.29, 1.82) is 0 Å². The van der Waals surface area contributed by atoms with E-state index < -0.39 is 29.4 Å². The van der Waals surface area contributed by atoms with Crippen LogP contribution in [0.4, 0.5) is 5.69 Å². The second kappa shape index (κ2) is 21.0. The van der Waals surface area contributed by atoms with Gasteiger partial charge < -0.3 is 35.1 Å². The second-order valence-corrected chi connectivity index (χ2v) is 15.6. The number of aromatic carboxylic acids is 2. The van der Waals surface area contributed by atoms with Gasteiger partial charge in [-0.1, -0.05) is 107 Å². The maximum Gasteiger partial charge on any atom is 0.352 e. The van der Waals surface area contributed by atoms with E-state index in [2.05, 4.69) is 15.3 Å². The quantitative estimate of drug-likeness (QED) is 0.0446. The Labute approximate surface area is 364 Å². The van der Waals surface area contributed by atoms with Crippen LogP contribution in [-0.2, 0) is 11.4 Å². The molecule has 0 aliphatic rings. The van der Waals surface area contributed by atoms with E-state index in [1.807, 2.05) is 79.7 Å². The molecule has 0 bridgehead atoms. The van der Waals surface area contributed by atoms with Gasteiger partial charge in [-0.05, 0) is 67.1 Å². The van der Waals surface area contributed by atoms with E-state index in [-0.39, 0.29) is 37.1 Å². The minimum absolute atomic E-state index is 0.0693. The number of anilines is 1. The lowest BCUT2D eigenvalue weighted by Crippen LogP contribution is -2.18. The number of rotatable bonds is 12. The SMILES string of the molecule is CCOc1ccc(NC(=O)c2c(Cl)c(Cl)c(Cl)c(Cl)c2C(=O)O)cc1.O=C(O)CSc1nc2ccccc2s1.O=C(O)c1cc2c(OCc3ccccc3)cccc2[nH]1. The number of benzene rings is 5. The van der Waals surface area contributed by atoms with Gasteiger partial charge in [-0.25, -0.2) is 14.6 Å². The molecule has 2 aromatic heterocycles. The normalized spacial score (nSPS) is 10.5. The number of amides is 1. The van der Waals surface area contributed by atoms with Crippen LogP contribution in [0.5, 0.6) is 11.5 Å². The number of thioether (sulfide) groups is 1. The number of aromatic nitrogens is 2. The molecular weight excluding hydrogens is 884 g/mol. The third-order valence-corrected chi connectivity index (χ3v) is 11.8. The Morgan fingerprint density at radius 2 is 1.42 bits per heavy atom. The van der Waals surface area contributed by atoms with E-state index in [1.54, 1.807) is 30.3 Å². The predicted molar refractivity (Wildman–Crippen MR) is 233 cm³/mol. The van der Waals surface area contributed by atoms with Gasteiger partial charge in [-0.3, -0.25) is 9.59 Å². The Morgan fingerprint density at radius 3 is 2.05 bits per heavy atom. The number of carbonyl (C=O) groups is 4. The van der Waals surface area contributed by atoms with Crippen molar-refractivity contribution in [3.63, 3.8) is 0 Å². The first-order valence-electron chi connectivity index (χ1n) is 17.1. The number of H-pyrrole nitrogens is 1. The number of fused-ring (bicyclic) bond motifs is 2. The highest BCUT2D eigenvalue weighted by Gasteiger charge is 2.29. The molecule has 0 aliphatic heterocycles. The monoisotopic (exact) mass is 913 g/mol. The van der Waals surface area contributed by atoms with Gasteiger partial charge in [-0.2, -0.15) is 0 Å². The van der Waals surface area contributed by atoms with Gasteiger partial charge in [0.05, 0.1) is 53.8 Å². The van der Waals surface area contributed by atoms with Crippen LogP contribution in [0.25, 0.3) is 21.1 Å². The van der Waals surface area contributed by atoms with E-state index in [0.29, 0.717) is 30.4 Å². The number of aromatic amines is 1. The molecule has 0 radical (unpaired) electrons. The molecule has 7 rings (SSSR count). The van der Waals surface area contributed by atoms with E-state index in [4.69, 9.17) is 66.1 Å². The van der Waals surface area contributed by atoms with Crippen molar-refractivity contribution in [3.8, 4) is 11.5 Å². The lowest BCUT2D eigenvalue weighted by atomic mass is 10.1. The highest BCUT2D eigenvalue weighted by Crippen LogP contribution is 2.42. The number of nitrogens with zero attached hydrogens (tertiary/aromatic N) is 1. The zero-order chi connectivity index (χ0) is 42.6. The van der Waals surface area contributed by atoms with E-state index in [9.17, 15) is 24.3 Å². The molecule has 304 valence electrons. The van der Waals surface area contributed by atoms with E-state index in [0.717, 1.165) is 31.0 Å². The molecule has 12 nitrogen and oxygen atoms in total. The van der Waals surface area contributed by atoms with Crippen LogP contribution in [0, 0.1) is 0 Å². The Kier molecular flexibility index (Phi) is 15.9. The standard InChI is InChI=1S/C16H11Cl4NO4.C16H13NO3.C9H7NO2S2/c1-2-25-8-5-3-7(4-6-8)21-15(22)9-10(16(23)24)12(18)14(20)13(19)11(9)17;18-16(19)14-9-12-13(17-14)7-4-8-15(12)20-10-11-5-2-1-3-6-11;11-8(12)5-13-9-10-6-3-1-2-4-7(6)14-9/h3-6H,2H2,1H3,(H,21,22)(H,23,24);1-9,17H,10H2,(H,18,19);1-4H,5H2,(H,11,12). The second-order valence-electron chi connectivity index (χ2n) is 11.8. The third-order valence-electron chi connectivity index (χ3n) is 7.82. The highest BCUT2D eigenvalue weighted by molar-refractivity contribution is 8.01. The number of hydrogen-bond donors (Lipinski definition) is 5. The zero-order valence-electron chi connectivity index (χ0n) is 30.5. The molecule has 7 aromatic rings. The minimum Gasteiger partial charge on any atom is -0.494 e. The van der Waals surface area contributed by atoms with E-state index >= 15 is 0 Å². The van der Waals surface area contributed by atoms with Gasteiger partial charge in [0.2, 0.25) is 0 Å². The summed E-state index contributed by atoms with van der Waals surface area (Å²) >= 11 is 26.5. The smallest absolute Gasteiger partial charge is 0.352 e. The number of thiazole rings is 1. The summed E-state index contributed by atoms with van der Waals surface area (Å²) in [5.41, 5.74) is 2.43. The summed E-state index contributed by atoms with van der Waals surface area (Å²) in [6, 6.07) is 31.2. The van der Waals surface area contributed by atoms with Crippen molar-refractivity contribution in [2.24, 2.45) is 0 Å². The van der Waals surface area contributed by atoms with Crippen LogP contribution < -0.4 is 14.8 Å². The number of halogens is 4. The molecule has 2 heterocycles. The molecule has 0 spiro atoms. The molecule has 0 saturated heterocycles. The highest BCUT2D eigenvalue weighted by atomic mass is 35.5. The van der Waals surface area contributed by atoms with Crippen molar-refractivity contribution in [2.75, 3.05) is 17.7 Å². The number of aliphatic carboxylic acids is 1. The average Bonchev–Trinajstić information content (AvgIpc) is 3.87. The summed E-state index contributed by atoms with van der Waals surface area (Å²) in [7, 11) is 0. The number of para-hydroxylation sites is 1. The summed E-state index contributed by atoms with van der Waals surface area (Å²) in [6.07, 6.45) is 0. The third kappa shape index (κ3) is 11.8. The van der Waals surface area contributed by atoms with Gasteiger partial charge in [0.25, 0.3) is 5.91 Å². The van der Waals surface area contributed by atoms with Crippen molar-refractivity contribution in [1.82, 2.24) is 9.97 Å². The van der Waals surface area contributed by atoms with E-state index in [1.165, 1.54) is 23.1 Å². The van der Waals surface area contributed by atoms with Gasteiger partial charge in [-0.15, -0.1) is 11.3 Å². The molecule has 1 amide bonds. The molecule has 59 heavy (non-hydrogen) atoms. The number of ether oxygens (including phenoxy) is 2. The fraction of sp³-hybridized carbons (Fsp3) is 0.0976. The summed E-state index contributed by atoms with van der Waals surface area (Å²) in [6.45, 7) is 2.80. The van der Waals surface area contributed by atoms with Crippen LogP contribution >= 0.6 is 69.5 Å². The largest absolute Gasteiger partial charge is 0.494 e. The van der Waals surface area contributed by atoms with Crippen molar-refractivity contribution in [2.45, 2.75) is 17.9 Å². The maximum atomic E-state index is 12.5. The molecule has 0 saturated carbocycles. The Bertz CT molecular complexity index is 2590. The average molecular weight is 916 g/mol. The van der Waals surface area contributed by atoms with Crippen LogP contribution in [-0.4, -0.2) is 61.5 Å². The lowest BCUT2D eigenvalue weighted by molar-refractivity contribution is -0.133. The minimum atomic E-state index is -1.46. The fourth-order valence-corrected chi connectivity index (χ4v) is 7.99. The van der Waals surface area contributed by atoms with Gasteiger partial charge in [0, 0.05) is 16.6 Å². The first kappa shape index (κ1) is 44.6. The van der Waals surface area contributed by atoms with Crippen molar-refractivity contribution in [3.05, 3.63) is 146 Å². The summed E-state index contributed by atoms with van der Waals surface area (Å²) in [4.78, 5) is 52.5. The van der Waals surface area contributed by atoms with Crippen molar-refractivity contribution < 1.29 is 44.0 Å². The Morgan fingerprint density at radius 1 is 0.763 bits per heavy atom. The first-order valence-corrected chi connectivity index (χ1v) is 20.4. The van der Waals surface area contributed by atoms with Crippen LogP contribution in [0.15, 0.2) is 107 Å². The van der Waals surface area contributed by atoms with Crippen LogP contribution in [0.2, 0.25) is 20.1 Å². The molecular formula is C41H31Cl4N3O9S2. The number of carboxylic acids is 3. The number of hydrogen-bond acceptors (Lipinski definition) is 9. The lowest BCUT2D eigenvalue weighted by Gasteiger charge is -2.14. The van der Waals surface area contributed by atoms with Gasteiger partial charge >= 0.3 is 17.9 Å². The maximum absolute atomic E-state index is 12.5. The van der Waals surface area contributed by atoms with Crippen molar-refractivity contribution >= 4 is 120 Å². The molecule has 0 unspecified atom stereocenters. The Hall–Kier alpha value is -5.48. The number of nitrogens with one attached hydrogen (secondary N) is 2. The molecule has 0 atom stereocenters. The molecule has 5 aromatic carbocycles. The van der Waals surface area contributed by atoms with Gasteiger partial charge in [0.15, 0.2) is 4.34 Å². The molecule has 0 fully saturated rings. The topological polar surface area (TPSA) is 188 Å². The fourth-order valence-electron chi connectivity index (χ4n) is 5.18. The summed E-state index contributed by atoms with van der Waals surface area (Å²) in [5, 5.41) is 29.1. The predicted octanol–water partition coefficient (Wildman–Crippen LogP) is 11.6. The first-order chi connectivity index (χ1) is 28.3.